The van der Waals surface area contributed by atoms with Gasteiger partial charge in [0.25, 0.3) is 0 Å². The summed E-state index contributed by atoms with van der Waals surface area (Å²) in [5.74, 6) is -2.55. The Bertz CT molecular complexity index is 370. The van der Waals surface area contributed by atoms with Crippen LogP contribution < -0.4 is 5.32 Å². The highest BCUT2D eigenvalue weighted by Crippen LogP contribution is 2.32. The largest absolute Gasteiger partial charge is 0.481 e. The number of carbonyl (C=O) groups excluding carboxylic acids is 2. The number of nitrogens with zero attached hydrogens (tertiary/aromatic N) is 1. The van der Waals surface area contributed by atoms with Gasteiger partial charge in [-0.1, -0.05) is 6.42 Å². The Morgan fingerprint density at radius 1 is 1.32 bits per heavy atom. The van der Waals surface area contributed by atoms with Crippen molar-refractivity contribution in [1.29, 1.82) is 0 Å². The van der Waals surface area contributed by atoms with Gasteiger partial charge >= 0.3 is 5.97 Å². The van der Waals surface area contributed by atoms with Gasteiger partial charge in [-0.3, -0.25) is 14.4 Å². The highest BCUT2D eigenvalue weighted by atomic mass is 16.4. The quantitative estimate of drug-likeness (QED) is 0.760. The lowest BCUT2D eigenvalue weighted by atomic mass is 9.95. The summed E-state index contributed by atoms with van der Waals surface area (Å²) in [7, 11) is 1.67. The third kappa shape index (κ3) is 3.68. The van der Waals surface area contributed by atoms with Gasteiger partial charge in [-0.05, 0) is 26.7 Å². The van der Waals surface area contributed by atoms with Gasteiger partial charge in [0, 0.05) is 13.6 Å². The molecule has 0 aromatic heterocycles. The molecule has 1 unspecified atom stereocenters. The topological polar surface area (TPSA) is 86.7 Å². The van der Waals surface area contributed by atoms with Gasteiger partial charge < -0.3 is 15.3 Å². The number of carbonyl (C=O) groups is 3. The Morgan fingerprint density at radius 3 is 2.42 bits per heavy atom. The van der Waals surface area contributed by atoms with Gasteiger partial charge in [0.05, 0.1) is 11.8 Å². The van der Waals surface area contributed by atoms with Crippen molar-refractivity contribution in [3.8, 4) is 0 Å². The van der Waals surface area contributed by atoms with Crippen molar-refractivity contribution in [3.63, 3.8) is 0 Å². The number of amides is 2. The molecule has 108 valence electrons. The first-order valence-corrected chi connectivity index (χ1v) is 6.66. The molecule has 0 aromatic carbocycles. The van der Waals surface area contributed by atoms with Crippen LogP contribution in [0.2, 0.25) is 0 Å². The maximum absolute atomic E-state index is 12.0. The number of carboxylic acids is 1. The van der Waals surface area contributed by atoms with Gasteiger partial charge in [0.2, 0.25) is 11.8 Å². The summed E-state index contributed by atoms with van der Waals surface area (Å²) >= 11 is 0. The number of rotatable bonds is 5. The Balaban J connectivity index is 2.59. The number of hydrogen-bond acceptors (Lipinski definition) is 3. The number of carboxylic acid groups (broad SMARTS) is 1. The summed E-state index contributed by atoms with van der Waals surface area (Å²) in [6.07, 6.45) is 1.85. The molecule has 1 rings (SSSR count). The number of nitrogens with one attached hydrogen (secondary N) is 1. The van der Waals surface area contributed by atoms with Crippen LogP contribution in [0.3, 0.4) is 0 Å². The normalized spacial score (nSPS) is 23.7. The second-order valence-corrected chi connectivity index (χ2v) is 5.06. The van der Waals surface area contributed by atoms with E-state index in [1.807, 2.05) is 6.92 Å². The van der Waals surface area contributed by atoms with E-state index in [1.165, 1.54) is 4.90 Å². The van der Waals surface area contributed by atoms with Crippen LogP contribution in [0.15, 0.2) is 0 Å². The number of aliphatic carboxylic acids is 1. The van der Waals surface area contributed by atoms with E-state index in [-0.39, 0.29) is 11.8 Å². The van der Waals surface area contributed by atoms with E-state index in [9.17, 15) is 14.4 Å². The van der Waals surface area contributed by atoms with E-state index < -0.39 is 23.8 Å². The van der Waals surface area contributed by atoms with Crippen LogP contribution in [-0.2, 0) is 14.4 Å². The van der Waals surface area contributed by atoms with Crippen molar-refractivity contribution < 1.29 is 19.5 Å². The molecule has 0 spiro atoms. The number of hydrogen-bond donors (Lipinski definition) is 2. The van der Waals surface area contributed by atoms with Gasteiger partial charge in [-0.25, -0.2) is 0 Å². The molecule has 6 heteroatoms. The molecule has 0 bridgehead atoms. The summed E-state index contributed by atoms with van der Waals surface area (Å²) in [4.78, 5) is 36.4. The van der Waals surface area contributed by atoms with Crippen molar-refractivity contribution in [2.24, 2.45) is 11.8 Å². The maximum Gasteiger partial charge on any atom is 0.307 e. The smallest absolute Gasteiger partial charge is 0.307 e. The Hall–Kier alpha value is -1.59. The van der Waals surface area contributed by atoms with Crippen LogP contribution in [0.25, 0.3) is 0 Å². The standard InChI is InChI=1S/C13H22N2O4/c1-4-15(3)12(17)8(2)14-11(16)9-6-5-7-10(9)13(18)19/h8-10H,4-7H2,1-3H3,(H,14,16)(H,18,19)/t8?,9-,10+/m1/s1. The van der Waals surface area contributed by atoms with E-state index in [0.717, 1.165) is 6.42 Å². The fraction of sp³-hybridized carbons (Fsp3) is 0.769. The zero-order chi connectivity index (χ0) is 14.6. The summed E-state index contributed by atoms with van der Waals surface area (Å²) in [6, 6.07) is -0.618. The molecule has 0 radical (unpaired) electrons. The Kier molecular flexibility index (Phi) is 5.32. The van der Waals surface area contributed by atoms with Crippen LogP contribution in [0.5, 0.6) is 0 Å². The minimum absolute atomic E-state index is 0.166. The first-order chi connectivity index (χ1) is 8.88. The minimum atomic E-state index is -0.928. The Labute approximate surface area is 113 Å². The van der Waals surface area contributed by atoms with Gasteiger partial charge in [-0.15, -0.1) is 0 Å². The van der Waals surface area contributed by atoms with Crippen molar-refractivity contribution in [3.05, 3.63) is 0 Å². The monoisotopic (exact) mass is 270 g/mol. The summed E-state index contributed by atoms with van der Waals surface area (Å²) in [5, 5.41) is 11.7. The van der Waals surface area contributed by atoms with E-state index in [2.05, 4.69) is 5.32 Å². The zero-order valence-electron chi connectivity index (χ0n) is 11.7. The second kappa shape index (κ2) is 6.54. The van der Waals surface area contributed by atoms with E-state index in [1.54, 1.807) is 14.0 Å². The Morgan fingerprint density at radius 2 is 1.89 bits per heavy atom. The first-order valence-electron chi connectivity index (χ1n) is 6.66. The molecule has 6 nitrogen and oxygen atoms in total. The molecule has 0 aromatic rings. The predicted molar refractivity (Wildman–Crippen MR) is 69.4 cm³/mol. The van der Waals surface area contributed by atoms with E-state index in [4.69, 9.17) is 5.11 Å². The predicted octanol–water partition coefficient (Wildman–Crippen LogP) is 0.470. The molecule has 0 saturated heterocycles. The molecule has 1 aliphatic rings. The van der Waals surface area contributed by atoms with E-state index in [0.29, 0.717) is 19.4 Å². The van der Waals surface area contributed by atoms with Crippen molar-refractivity contribution in [2.45, 2.75) is 39.2 Å². The average molecular weight is 270 g/mol. The van der Waals surface area contributed by atoms with Crippen LogP contribution >= 0.6 is 0 Å². The van der Waals surface area contributed by atoms with Crippen molar-refractivity contribution in [1.82, 2.24) is 10.2 Å². The molecule has 19 heavy (non-hydrogen) atoms. The highest BCUT2D eigenvalue weighted by Gasteiger charge is 2.38. The summed E-state index contributed by atoms with van der Waals surface area (Å²) < 4.78 is 0. The third-order valence-corrected chi connectivity index (χ3v) is 3.75. The lowest BCUT2D eigenvalue weighted by molar-refractivity contribution is -0.146. The minimum Gasteiger partial charge on any atom is -0.481 e. The second-order valence-electron chi connectivity index (χ2n) is 5.06. The molecule has 3 atom stereocenters. The molecular formula is C13H22N2O4. The fourth-order valence-electron chi connectivity index (χ4n) is 2.44. The molecule has 2 N–H and O–H groups in total. The summed E-state index contributed by atoms with van der Waals surface area (Å²) in [5.41, 5.74) is 0. The van der Waals surface area contributed by atoms with Crippen molar-refractivity contribution in [2.75, 3.05) is 13.6 Å². The molecule has 0 heterocycles. The van der Waals surface area contributed by atoms with Crippen LogP contribution in [-0.4, -0.2) is 47.4 Å². The van der Waals surface area contributed by atoms with E-state index >= 15 is 0 Å². The fourth-order valence-corrected chi connectivity index (χ4v) is 2.44. The van der Waals surface area contributed by atoms with Crippen LogP contribution in [0.1, 0.15) is 33.1 Å². The molecule has 1 aliphatic carbocycles. The van der Waals surface area contributed by atoms with Gasteiger partial charge in [0.15, 0.2) is 0 Å². The molecule has 2 amide bonds. The molecule has 1 fully saturated rings. The molecular weight excluding hydrogens is 248 g/mol. The van der Waals surface area contributed by atoms with Gasteiger partial charge in [0.1, 0.15) is 6.04 Å². The lowest BCUT2D eigenvalue weighted by Gasteiger charge is -2.23. The SMILES string of the molecule is CCN(C)C(=O)C(C)NC(=O)[C@@H]1CCC[C@@H]1C(=O)O. The van der Waals surface area contributed by atoms with Gasteiger partial charge in [-0.2, -0.15) is 0 Å². The highest BCUT2D eigenvalue weighted by molar-refractivity contribution is 5.90. The average Bonchev–Trinajstić information content (AvgIpc) is 2.86. The lowest BCUT2D eigenvalue weighted by Crippen LogP contribution is -2.48. The van der Waals surface area contributed by atoms with Crippen LogP contribution in [0, 0.1) is 11.8 Å². The maximum atomic E-state index is 12.0. The molecule has 1 saturated carbocycles. The van der Waals surface area contributed by atoms with Crippen molar-refractivity contribution >= 4 is 17.8 Å². The number of likely N-dealkylation sites (N-methyl/N-ethyl adjacent to an activating group) is 1. The molecule has 0 aliphatic heterocycles. The van der Waals surface area contributed by atoms with Crippen LogP contribution in [0.4, 0.5) is 0 Å². The summed E-state index contributed by atoms with van der Waals surface area (Å²) in [6.45, 7) is 4.04. The third-order valence-electron chi connectivity index (χ3n) is 3.75. The first kappa shape index (κ1) is 15.5. The zero-order valence-corrected chi connectivity index (χ0v) is 11.7.